The number of nitrogens with one attached hydrogen (secondary N) is 1. The summed E-state index contributed by atoms with van der Waals surface area (Å²) in [4.78, 5) is 18.9. The molecule has 0 atom stereocenters. The molecule has 2 heterocycles. The normalized spacial score (nSPS) is 15.6. The highest BCUT2D eigenvalue weighted by Gasteiger charge is 2.21. The molecule has 1 aliphatic rings. The van der Waals surface area contributed by atoms with Crippen molar-refractivity contribution < 1.29 is 13.2 Å². The SMILES string of the molecule is CN(C)S(=O)(=O)c1ccc(C(=O)NCC2CCN(c3ccncc3)CC2)cc1. The standard InChI is InChI=1S/C20H26N4O3S/c1-23(2)28(26,27)19-5-3-17(4-6-19)20(25)22-15-16-9-13-24(14-10-16)18-7-11-21-12-8-18/h3-8,11-12,16H,9-10,13-15H2,1-2H3,(H,22,25). The highest BCUT2D eigenvalue weighted by molar-refractivity contribution is 7.89. The predicted molar refractivity (Wildman–Crippen MR) is 109 cm³/mol. The zero-order valence-electron chi connectivity index (χ0n) is 16.2. The molecule has 2 aromatic rings. The quantitative estimate of drug-likeness (QED) is 0.799. The van der Waals surface area contributed by atoms with Crippen LogP contribution in [0, 0.1) is 5.92 Å². The Bertz CT molecular complexity index is 891. The van der Waals surface area contributed by atoms with Gasteiger partial charge >= 0.3 is 0 Å². The summed E-state index contributed by atoms with van der Waals surface area (Å²) in [5.74, 6) is 0.265. The monoisotopic (exact) mass is 402 g/mol. The Morgan fingerprint density at radius 3 is 2.29 bits per heavy atom. The third-order valence-corrected chi connectivity index (χ3v) is 6.92. The Morgan fingerprint density at radius 2 is 1.71 bits per heavy atom. The zero-order chi connectivity index (χ0) is 20.1. The third-order valence-electron chi connectivity index (χ3n) is 5.09. The van der Waals surface area contributed by atoms with Crippen molar-refractivity contribution in [2.75, 3.05) is 38.6 Å². The maximum absolute atomic E-state index is 12.4. The van der Waals surface area contributed by atoms with Crippen LogP contribution >= 0.6 is 0 Å². The summed E-state index contributed by atoms with van der Waals surface area (Å²) in [5.41, 5.74) is 1.65. The first-order valence-electron chi connectivity index (χ1n) is 9.33. The summed E-state index contributed by atoms with van der Waals surface area (Å²) >= 11 is 0. The lowest BCUT2D eigenvalue weighted by Crippen LogP contribution is -2.38. The molecule has 0 bridgehead atoms. The molecule has 1 aliphatic heterocycles. The van der Waals surface area contributed by atoms with Crippen molar-refractivity contribution in [1.82, 2.24) is 14.6 Å². The second kappa shape index (κ2) is 8.70. The van der Waals surface area contributed by atoms with E-state index in [9.17, 15) is 13.2 Å². The fraction of sp³-hybridized carbons (Fsp3) is 0.400. The van der Waals surface area contributed by atoms with Crippen LogP contribution in [0.15, 0.2) is 53.7 Å². The molecule has 1 amide bonds. The zero-order valence-corrected chi connectivity index (χ0v) is 17.0. The van der Waals surface area contributed by atoms with Gasteiger partial charge in [0.25, 0.3) is 5.91 Å². The Kier molecular flexibility index (Phi) is 6.31. The topological polar surface area (TPSA) is 82.6 Å². The van der Waals surface area contributed by atoms with Gasteiger partial charge in [-0.1, -0.05) is 0 Å². The van der Waals surface area contributed by atoms with Gasteiger partial charge < -0.3 is 10.2 Å². The fourth-order valence-corrected chi connectivity index (χ4v) is 4.18. The summed E-state index contributed by atoms with van der Waals surface area (Å²) in [6.07, 6.45) is 5.64. The van der Waals surface area contributed by atoms with E-state index in [1.54, 1.807) is 24.5 Å². The first kappa shape index (κ1) is 20.3. The molecule has 0 saturated carbocycles. The van der Waals surface area contributed by atoms with Crippen molar-refractivity contribution >= 4 is 21.6 Å². The number of amides is 1. The molecule has 8 heteroatoms. The van der Waals surface area contributed by atoms with Crippen LogP contribution in [0.25, 0.3) is 0 Å². The van der Waals surface area contributed by atoms with Crippen LogP contribution < -0.4 is 10.2 Å². The molecule has 1 N–H and O–H groups in total. The van der Waals surface area contributed by atoms with Crippen LogP contribution in [0.1, 0.15) is 23.2 Å². The van der Waals surface area contributed by atoms with Crippen molar-refractivity contribution in [1.29, 1.82) is 0 Å². The number of piperidine rings is 1. The van der Waals surface area contributed by atoms with Gasteiger partial charge in [-0.05, 0) is 55.2 Å². The Balaban J connectivity index is 1.50. The van der Waals surface area contributed by atoms with E-state index in [4.69, 9.17) is 0 Å². The summed E-state index contributed by atoms with van der Waals surface area (Å²) in [5, 5.41) is 2.98. The second-order valence-electron chi connectivity index (χ2n) is 7.16. The molecule has 1 fully saturated rings. The molecule has 1 saturated heterocycles. The fourth-order valence-electron chi connectivity index (χ4n) is 3.28. The third kappa shape index (κ3) is 4.69. The van der Waals surface area contributed by atoms with Crippen LogP contribution in [0.5, 0.6) is 0 Å². The molecule has 1 aromatic carbocycles. The number of hydrogen-bond acceptors (Lipinski definition) is 5. The summed E-state index contributed by atoms with van der Waals surface area (Å²) in [6.45, 7) is 2.55. The van der Waals surface area contributed by atoms with E-state index in [0.717, 1.165) is 30.2 Å². The lowest BCUT2D eigenvalue weighted by atomic mass is 9.96. The number of pyridine rings is 1. The molecular weight excluding hydrogens is 376 g/mol. The average Bonchev–Trinajstić information content (AvgIpc) is 2.73. The van der Waals surface area contributed by atoms with E-state index in [0.29, 0.717) is 18.0 Å². The van der Waals surface area contributed by atoms with E-state index in [1.807, 2.05) is 12.1 Å². The molecule has 0 unspecified atom stereocenters. The largest absolute Gasteiger partial charge is 0.371 e. The predicted octanol–water partition coefficient (Wildman–Crippen LogP) is 1.98. The summed E-state index contributed by atoms with van der Waals surface area (Å²) in [7, 11) is -0.520. The van der Waals surface area contributed by atoms with Gasteiger partial charge in [-0.2, -0.15) is 0 Å². The highest BCUT2D eigenvalue weighted by atomic mass is 32.2. The van der Waals surface area contributed by atoms with E-state index >= 15 is 0 Å². The van der Waals surface area contributed by atoms with Crippen LogP contribution in [-0.4, -0.2) is 57.3 Å². The number of anilines is 1. The van der Waals surface area contributed by atoms with Crippen molar-refractivity contribution in [3.63, 3.8) is 0 Å². The average molecular weight is 403 g/mol. The lowest BCUT2D eigenvalue weighted by Gasteiger charge is -2.33. The maximum Gasteiger partial charge on any atom is 0.251 e. The van der Waals surface area contributed by atoms with Crippen LogP contribution in [0.2, 0.25) is 0 Å². The first-order chi connectivity index (χ1) is 13.4. The smallest absolute Gasteiger partial charge is 0.251 e. The minimum atomic E-state index is -3.48. The van der Waals surface area contributed by atoms with Gasteiger partial charge in [-0.3, -0.25) is 9.78 Å². The van der Waals surface area contributed by atoms with Crippen LogP contribution in [-0.2, 0) is 10.0 Å². The van der Waals surface area contributed by atoms with Crippen molar-refractivity contribution in [3.8, 4) is 0 Å². The van der Waals surface area contributed by atoms with Gasteiger partial charge in [-0.25, -0.2) is 12.7 Å². The number of rotatable bonds is 6. The molecule has 0 aliphatic carbocycles. The molecule has 0 radical (unpaired) electrons. The van der Waals surface area contributed by atoms with Crippen molar-refractivity contribution in [2.24, 2.45) is 5.92 Å². The summed E-state index contributed by atoms with van der Waals surface area (Å²) < 4.78 is 25.3. The van der Waals surface area contributed by atoms with E-state index in [2.05, 4.69) is 15.2 Å². The Labute approximate surface area is 166 Å². The minimum absolute atomic E-state index is 0.176. The Hall–Kier alpha value is -2.45. The van der Waals surface area contributed by atoms with Crippen molar-refractivity contribution in [2.45, 2.75) is 17.7 Å². The highest BCUT2D eigenvalue weighted by Crippen LogP contribution is 2.22. The number of aromatic nitrogens is 1. The van der Waals surface area contributed by atoms with E-state index in [-0.39, 0.29) is 10.8 Å². The van der Waals surface area contributed by atoms with Gasteiger partial charge in [0, 0.05) is 57.4 Å². The second-order valence-corrected chi connectivity index (χ2v) is 9.31. The molecular formula is C20H26N4O3S. The lowest BCUT2D eigenvalue weighted by molar-refractivity contribution is 0.0945. The molecule has 7 nitrogen and oxygen atoms in total. The van der Waals surface area contributed by atoms with Gasteiger partial charge in [0.05, 0.1) is 4.90 Å². The van der Waals surface area contributed by atoms with Crippen molar-refractivity contribution in [3.05, 3.63) is 54.4 Å². The molecule has 150 valence electrons. The van der Waals surface area contributed by atoms with Gasteiger partial charge in [0.1, 0.15) is 0 Å². The molecule has 28 heavy (non-hydrogen) atoms. The number of hydrogen-bond donors (Lipinski definition) is 1. The number of benzene rings is 1. The molecule has 3 rings (SSSR count). The number of nitrogens with zero attached hydrogens (tertiary/aromatic N) is 3. The maximum atomic E-state index is 12.4. The van der Waals surface area contributed by atoms with Gasteiger partial charge in [-0.15, -0.1) is 0 Å². The molecule has 0 spiro atoms. The van der Waals surface area contributed by atoms with Gasteiger partial charge in [0.2, 0.25) is 10.0 Å². The van der Waals surface area contributed by atoms with Gasteiger partial charge in [0.15, 0.2) is 0 Å². The number of carbonyl (C=O) groups excluding carboxylic acids is 1. The van der Waals surface area contributed by atoms with E-state index in [1.165, 1.54) is 31.9 Å². The Morgan fingerprint density at radius 1 is 1.11 bits per heavy atom. The number of sulfonamides is 1. The molecule has 1 aromatic heterocycles. The van der Waals surface area contributed by atoms with Crippen LogP contribution in [0.4, 0.5) is 5.69 Å². The summed E-state index contributed by atoms with van der Waals surface area (Å²) in [6, 6.07) is 10.1. The minimum Gasteiger partial charge on any atom is -0.371 e. The number of carbonyl (C=O) groups is 1. The van der Waals surface area contributed by atoms with E-state index < -0.39 is 10.0 Å². The first-order valence-corrected chi connectivity index (χ1v) is 10.8. The van der Waals surface area contributed by atoms with Crippen LogP contribution in [0.3, 0.4) is 0 Å².